The van der Waals surface area contributed by atoms with Crippen molar-refractivity contribution in [1.82, 2.24) is 14.6 Å². The number of hydrogen-bond acceptors (Lipinski definition) is 4. The van der Waals surface area contributed by atoms with E-state index in [-0.39, 0.29) is 40.5 Å². The highest BCUT2D eigenvalue weighted by Crippen LogP contribution is 2.30. The van der Waals surface area contributed by atoms with Crippen molar-refractivity contribution in [3.63, 3.8) is 0 Å². The van der Waals surface area contributed by atoms with Gasteiger partial charge in [0.2, 0.25) is 0 Å². The van der Waals surface area contributed by atoms with Crippen LogP contribution in [0.1, 0.15) is 45.1 Å². The summed E-state index contributed by atoms with van der Waals surface area (Å²) in [5.74, 6) is -4.38. The molecule has 3 rings (SSSR count). The van der Waals surface area contributed by atoms with Gasteiger partial charge in [0.25, 0.3) is 0 Å². The van der Waals surface area contributed by atoms with Crippen molar-refractivity contribution in [2.24, 2.45) is 11.8 Å². The van der Waals surface area contributed by atoms with Crippen LogP contribution in [0.15, 0.2) is 24.3 Å². The van der Waals surface area contributed by atoms with Gasteiger partial charge in [0.05, 0.1) is 5.69 Å². The van der Waals surface area contributed by atoms with Crippen LogP contribution in [0.25, 0.3) is 16.9 Å². The van der Waals surface area contributed by atoms with E-state index in [0.29, 0.717) is 12.4 Å². The number of hydrogen-bond donors (Lipinski definition) is 1. The highest BCUT2D eigenvalue weighted by atomic mass is 19.2. The van der Waals surface area contributed by atoms with Crippen molar-refractivity contribution in [3.05, 3.63) is 47.4 Å². The summed E-state index contributed by atoms with van der Waals surface area (Å²) in [5.41, 5.74) is 0.227. The zero-order chi connectivity index (χ0) is 23.0. The Morgan fingerprint density at radius 3 is 2.19 bits per heavy atom. The molecule has 6 nitrogen and oxygen atoms in total. The third-order valence-corrected chi connectivity index (χ3v) is 5.22. The molecule has 166 valence electrons. The summed E-state index contributed by atoms with van der Waals surface area (Å²) in [5, 5.41) is 13.6. The molecule has 9 heteroatoms. The minimum absolute atomic E-state index is 0.0416. The number of fused-ring (bicyclic) bond motifs is 1. The lowest BCUT2D eigenvalue weighted by molar-refractivity contribution is 0.0690. The molecule has 0 saturated heterocycles. The van der Waals surface area contributed by atoms with Gasteiger partial charge in [-0.3, -0.25) is 0 Å². The Hall–Kier alpha value is -3.10. The van der Waals surface area contributed by atoms with Gasteiger partial charge in [-0.2, -0.15) is 9.61 Å². The van der Waals surface area contributed by atoms with Crippen LogP contribution in [0.5, 0.6) is 0 Å². The van der Waals surface area contributed by atoms with Crippen molar-refractivity contribution in [3.8, 4) is 11.3 Å². The molecule has 0 unspecified atom stereocenters. The van der Waals surface area contributed by atoms with E-state index < -0.39 is 23.4 Å². The van der Waals surface area contributed by atoms with E-state index in [4.69, 9.17) is 0 Å². The number of carboxylic acids is 1. The molecule has 0 bridgehead atoms. The number of halogens is 3. The highest BCUT2D eigenvalue weighted by molar-refractivity contribution is 5.87. The lowest BCUT2D eigenvalue weighted by Gasteiger charge is -2.35. The third kappa shape index (κ3) is 4.50. The normalized spacial score (nSPS) is 12.7. The van der Waals surface area contributed by atoms with Crippen LogP contribution in [0.3, 0.4) is 0 Å². The molecular formula is C22H25F3N4O2. The first kappa shape index (κ1) is 22.6. The number of rotatable bonds is 7. The van der Waals surface area contributed by atoms with Crippen LogP contribution in [0.2, 0.25) is 0 Å². The van der Waals surface area contributed by atoms with Gasteiger partial charge in [-0.1, -0.05) is 27.7 Å². The minimum atomic E-state index is -1.56. The molecule has 0 fully saturated rings. The molecule has 0 aliphatic rings. The number of carboxylic acid groups (broad SMARTS) is 1. The summed E-state index contributed by atoms with van der Waals surface area (Å²) >= 11 is 0. The fourth-order valence-electron chi connectivity index (χ4n) is 3.34. The van der Waals surface area contributed by atoms with Crippen molar-refractivity contribution >= 4 is 17.4 Å². The maximum Gasteiger partial charge on any atom is 0.356 e. The molecular weight excluding hydrogens is 409 g/mol. The fraction of sp³-hybridized carbons (Fsp3) is 0.409. The van der Waals surface area contributed by atoms with Crippen LogP contribution in [-0.4, -0.2) is 38.3 Å². The molecule has 1 N–H and O–H groups in total. The van der Waals surface area contributed by atoms with Crippen molar-refractivity contribution in [1.29, 1.82) is 0 Å². The Balaban J connectivity index is 2.30. The summed E-state index contributed by atoms with van der Waals surface area (Å²) < 4.78 is 42.6. The highest BCUT2D eigenvalue weighted by Gasteiger charge is 2.24. The number of benzene rings is 1. The summed E-state index contributed by atoms with van der Waals surface area (Å²) in [6.07, 6.45) is 0. The molecule has 2 heterocycles. The SMILES string of the molecule is CC(C)CN(c1cc(-c2cc(F)c(F)c(F)c2)nc2cc(C(=O)O)nn12)[C@H](C)C(C)C. The quantitative estimate of drug-likeness (QED) is 0.529. The molecule has 0 aliphatic heterocycles. The molecule has 0 radical (unpaired) electrons. The van der Waals surface area contributed by atoms with Crippen molar-refractivity contribution in [2.45, 2.75) is 40.7 Å². The summed E-state index contributed by atoms with van der Waals surface area (Å²) in [6.45, 7) is 10.9. The maximum absolute atomic E-state index is 13.9. The number of aromatic nitrogens is 3. The maximum atomic E-state index is 13.9. The zero-order valence-corrected chi connectivity index (χ0v) is 18.0. The molecule has 0 aliphatic carbocycles. The first-order chi connectivity index (χ1) is 14.5. The number of nitrogens with zero attached hydrogens (tertiary/aromatic N) is 4. The van der Waals surface area contributed by atoms with E-state index >= 15 is 0 Å². The predicted molar refractivity (Wildman–Crippen MR) is 112 cm³/mol. The Morgan fingerprint density at radius 2 is 1.68 bits per heavy atom. The Labute approximate surface area is 178 Å². The smallest absolute Gasteiger partial charge is 0.356 e. The summed E-state index contributed by atoms with van der Waals surface area (Å²) in [6, 6.07) is 4.67. The monoisotopic (exact) mass is 434 g/mol. The van der Waals surface area contributed by atoms with Crippen molar-refractivity contribution in [2.75, 3.05) is 11.4 Å². The van der Waals surface area contributed by atoms with Crippen LogP contribution in [-0.2, 0) is 0 Å². The molecule has 0 saturated carbocycles. The zero-order valence-electron chi connectivity index (χ0n) is 18.0. The van der Waals surface area contributed by atoms with E-state index in [1.165, 1.54) is 10.6 Å². The summed E-state index contributed by atoms with van der Waals surface area (Å²) in [4.78, 5) is 17.9. The van der Waals surface area contributed by atoms with Gasteiger partial charge in [0.15, 0.2) is 28.8 Å². The van der Waals surface area contributed by atoms with Gasteiger partial charge in [0, 0.05) is 30.3 Å². The molecule has 0 amide bonds. The lowest BCUT2D eigenvalue weighted by Crippen LogP contribution is -2.40. The van der Waals surface area contributed by atoms with Crippen LogP contribution < -0.4 is 4.90 Å². The van der Waals surface area contributed by atoms with E-state index in [1.807, 2.05) is 6.92 Å². The third-order valence-electron chi connectivity index (χ3n) is 5.22. The Morgan fingerprint density at radius 1 is 1.06 bits per heavy atom. The first-order valence-electron chi connectivity index (χ1n) is 10.0. The minimum Gasteiger partial charge on any atom is -0.476 e. The Bertz CT molecular complexity index is 1100. The van der Waals surface area contributed by atoms with Gasteiger partial charge < -0.3 is 10.0 Å². The standard InChI is InChI=1S/C22H25F3N4O2/c1-11(2)10-28(13(5)12(3)4)20-9-17(14-6-15(23)21(25)16(24)7-14)26-19-8-18(22(30)31)27-29(19)20/h6-9,11-13H,10H2,1-5H3,(H,30,31)/t13-/m1/s1. The van der Waals surface area contributed by atoms with E-state index in [2.05, 4.69) is 42.7 Å². The second-order valence-electron chi connectivity index (χ2n) is 8.39. The molecule has 1 aromatic carbocycles. The topological polar surface area (TPSA) is 70.7 Å². The number of anilines is 1. The number of aromatic carboxylic acids is 1. The predicted octanol–water partition coefficient (Wildman–Crippen LogP) is 5.02. The number of carbonyl (C=O) groups is 1. The summed E-state index contributed by atoms with van der Waals surface area (Å²) in [7, 11) is 0. The second-order valence-corrected chi connectivity index (χ2v) is 8.39. The second kappa shape index (κ2) is 8.56. The van der Waals surface area contributed by atoms with Crippen LogP contribution in [0, 0.1) is 29.3 Å². The molecule has 31 heavy (non-hydrogen) atoms. The van der Waals surface area contributed by atoms with Crippen molar-refractivity contribution < 1.29 is 23.1 Å². The van der Waals surface area contributed by atoms with E-state index in [0.717, 1.165) is 12.1 Å². The van der Waals surface area contributed by atoms with Gasteiger partial charge in [-0.15, -0.1) is 0 Å². The fourth-order valence-corrected chi connectivity index (χ4v) is 3.34. The largest absolute Gasteiger partial charge is 0.476 e. The van der Waals surface area contributed by atoms with Crippen LogP contribution in [0.4, 0.5) is 19.0 Å². The lowest BCUT2D eigenvalue weighted by atomic mass is 10.0. The molecule has 0 spiro atoms. The van der Waals surface area contributed by atoms with Gasteiger partial charge in [-0.05, 0) is 30.9 Å². The van der Waals surface area contributed by atoms with E-state index in [1.54, 1.807) is 6.07 Å². The van der Waals surface area contributed by atoms with E-state index in [9.17, 15) is 23.1 Å². The van der Waals surface area contributed by atoms with Gasteiger partial charge in [-0.25, -0.2) is 22.9 Å². The molecule has 1 atom stereocenters. The average Bonchev–Trinajstić information content (AvgIpc) is 3.13. The first-order valence-corrected chi connectivity index (χ1v) is 10.0. The van der Waals surface area contributed by atoms with Crippen LogP contribution >= 0.6 is 0 Å². The molecule has 3 aromatic rings. The van der Waals surface area contributed by atoms with Gasteiger partial charge >= 0.3 is 5.97 Å². The Kier molecular flexibility index (Phi) is 6.24. The van der Waals surface area contributed by atoms with Gasteiger partial charge in [0.1, 0.15) is 5.82 Å². The average molecular weight is 434 g/mol. The molecule has 2 aromatic heterocycles.